The fourth-order valence-corrected chi connectivity index (χ4v) is 1.69. The Morgan fingerprint density at radius 3 is 2.72 bits per heavy atom. The molecular weight excluding hydrogens is 232 g/mol. The van der Waals surface area contributed by atoms with Crippen molar-refractivity contribution in [2.75, 3.05) is 40.4 Å². The molecule has 0 atom stereocenters. The number of hydrogen-bond acceptors (Lipinski definition) is 4. The molecule has 18 heavy (non-hydrogen) atoms. The first-order valence-corrected chi connectivity index (χ1v) is 6.03. The zero-order chi connectivity index (χ0) is 13.5. The van der Waals surface area contributed by atoms with Gasteiger partial charge in [0.05, 0.1) is 17.9 Å². The normalized spacial score (nSPS) is 10.9. The summed E-state index contributed by atoms with van der Waals surface area (Å²) in [5, 5.41) is 9.71. The maximum absolute atomic E-state index is 11.9. The van der Waals surface area contributed by atoms with E-state index in [1.54, 1.807) is 7.11 Å². The monoisotopic (exact) mass is 254 g/mol. The molecule has 0 aliphatic heterocycles. The lowest BCUT2D eigenvalue weighted by Crippen LogP contribution is -2.34. The van der Waals surface area contributed by atoms with E-state index < -0.39 is 0 Å². The number of ether oxygens (including phenoxy) is 1. The lowest BCUT2D eigenvalue weighted by atomic mass is 10.2. The number of rotatable bonds is 7. The smallest absolute Gasteiger partial charge is 0.255 e. The van der Waals surface area contributed by atoms with Crippen molar-refractivity contribution in [1.82, 2.24) is 20.4 Å². The average molecular weight is 254 g/mol. The number of amides is 1. The second-order valence-corrected chi connectivity index (χ2v) is 4.36. The van der Waals surface area contributed by atoms with Crippen LogP contribution in [0, 0.1) is 13.8 Å². The van der Waals surface area contributed by atoms with Gasteiger partial charge < -0.3 is 15.0 Å². The zero-order valence-corrected chi connectivity index (χ0v) is 11.5. The second-order valence-electron chi connectivity index (χ2n) is 4.36. The number of carbonyl (C=O) groups excluding carboxylic acids is 1. The molecule has 0 aliphatic carbocycles. The van der Waals surface area contributed by atoms with Crippen LogP contribution in [0.1, 0.15) is 21.7 Å². The summed E-state index contributed by atoms with van der Waals surface area (Å²) in [6.45, 7) is 6.64. The molecule has 102 valence electrons. The van der Waals surface area contributed by atoms with E-state index in [-0.39, 0.29) is 5.91 Å². The first-order valence-electron chi connectivity index (χ1n) is 6.03. The molecule has 0 fully saturated rings. The lowest BCUT2D eigenvalue weighted by molar-refractivity contribution is 0.0946. The van der Waals surface area contributed by atoms with Crippen molar-refractivity contribution in [2.45, 2.75) is 13.8 Å². The van der Waals surface area contributed by atoms with Gasteiger partial charge in [-0.3, -0.25) is 9.89 Å². The summed E-state index contributed by atoms with van der Waals surface area (Å²) in [6, 6.07) is 0. The molecule has 6 heteroatoms. The van der Waals surface area contributed by atoms with Crippen molar-refractivity contribution in [3.63, 3.8) is 0 Å². The predicted octanol–water partition coefficient (Wildman–Crippen LogP) is 0.335. The molecule has 1 heterocycles. The molecule has 0 saturated heterocycles. The number of nitrogens with zero attached hydrogens (tertiary/aromatic N) is 2. The summed E-state index contributed by atoms with van der Waals surface area (Å²) in [7, 11) is 3.68. The molecule has 0 bridgehead atoms. The molecule has 6 nitrogen and oxygen atoms in total. The predicted molar refractivity (Wildman–Crippen MR) is 69.8 cm³/mol. The third kappa shape index (κ3) is 4.12. The van der Waals surface area contributed by atoms with E-state index in [1.165, 1.54) is 0 Å². The Hall–Kier alpha value is -1.40. The number of hydrogen-bond donors (Lipinski definition) is 2. The molecule has 1 aromatic rings. The first-order chi connectivity index (χ1) is 8.56. The van der Waals surface area contributed by atoms with Gasteiger partial charge in [0, 0.05) is 32.4 Å². The van der Waals surface area contributed by atoms with E-state index in [0.29, 0.717) is 18.7 Å². The highest BCUT2D eigenvalue weighted by Crippen LogP contribution is 2.08. The van der Waals surface area contributed by atoms with Crippen LogP contribution >= 0.6 is 0 Å². The highest BCUT2D eigenvalue weighted by molar-refractivity contribution is 5.96. The summed E-state index contributed by atoms with van der Waals surface area (Å²) >= 11 is 0. The fourth-order valence-electron chi connectivity index (χ4n) is 1.69. The number of nitrogens with one attached hydrogen (secondary N) is 2. The minimum atomic E-state index is -0.0705. The van der Waals surface area contributed by atoms with Crippen LogP contribution < -0.4 is 5.32 Å². The Bertz CT molecular complexity index is 370. The number of aromatic nitrogens is 2. The van der Waals surface area contributed by atoms with E-state index in [0.717, 1.165) is 24.5 Å². The van der Waals surface area contributed by atoms with E-state index in [1.807, 2.05) is 20.9 Å². The van der Waals surface area contributed by atoms with Gasteiger partial charge in [0.1, 0.15) is 0 Å². The molecule has 0 spiro atoms. The third-order valence-electron chi connectivity index (χ3n) is 2.81. The van der Waals surface area contributed by atoms with Crippen LogP contribution in [0.15, 0.2) is 0 Å². The number of likely N-dealkylation sites (N-methyl/N-ethyl adjacent to an activating group) is 1. The van der Waals surface area contributed by atoms with E-state index in [4.69, 9.17) is 4.74 Å². The van der Waals surface area contributed by atoms with Crippen molar-refractivity contribution < 1.29 is 9.53 Å². The van der Waals surface area contributed by atoms with Gasteiger partial charge in [-0.05, 0) is 20.9 Å². The molecule has 0 saturated carbocycles. The number of aryl methyl sites for hydroxylation is 2. The van der Waals surface area contributed by atoms with Gasteiger partial charge in [0.25, 0.3) is 5.91 Å². The van der Waals surface area contributed by atoms with Gasteiger partial charge >= 0.3 is 0 Å². The summed E-state index contributed by atoms with van der Waals surface area (Å²) in [4.78, 5) is 14.0. The molecular formula is C12H22N4O2. The Labute approximate surface area is 108 Å². The van der Waals surface area contributed by atoms with Gasteiger partial charge in [0.15, 0.2) is 0 Å². The van der Waals surface area contributed by atoms with Crippen LogP contribution in [-0.4, -0.2) is 61.4 Å². The van der Waals surface area contributed by atoms with Gasteiger partial charge in [0.2, 0.25) is 0 Å². The van der Waals surface area contributed by atoms with Crippen LogP contribution in [0.25, 0.3) is 0 Å². The molecule has 2 N–H and O–H groups in total. The number of aromatic amines is 1. The van der Waals surface area contributed by atoms with Crippen LogP contribution in [-0.2, 0) is 4.74 Å². The maximum atomic E-state index is 11.9. The molecule has 1 amide bonds. The topological polar surface area (TPSA) is 70.2 Å². The lowest BCUT2D eigenvalue weighted by Gasteiger charge is -2.16. The largest absolute Gasteiger partial charge is 0.383 e. The quantitative estimate of drug-likeness (QED) is 0.736. The van der Waals surface area contributed by atoms with Gasteiger partial charge in [-0.2, -0.15) is 5.10 Å². The van der Waals surface area contributed by atoms with E-state index in [9.17, 15) is 4.79 Å². The Morgan fingerprint density at radius 2 is 2.17 bits per heavy atom. The van der Waals surface area contributed by atoms with Crippen molar-refractivity contribution >= 4 is 5.91 Å². The number of H-pyrrole nitrogens is 1. The van der Waals surface area contributed by atoms with Gasteiger partial charge in [-0.25, -0.2) is 0 Å². The van der Waals surface area contributed by atoms with E-state index >= 15 is 0 Å². The Morgan fingerprint density at radius 1 is 1.44 bits per heavy atom. The van der Waals surface area contributed by atoms with Crippen LogP contribution in [0.4, 0.5) is 0 Å². The van der Waals surface area contributed by atoms with Crippen LogP contribution in [0.5, 0.6) is 0 Å². The molecule has 1 rings (SSSR count). The standard InChI is InChI=1S/C12H22N4O2/c1-9-11(10(2)15-14-9)12(17)13-5-6-16(3)7-8-18-4/h5-8H2,1-4H3,(H,13,17)(H,14,15). The van der Waals surface area contributed by atoms with Gasteiger partial charge in [-0.15, -0.1) is 0 Å². The van der Waals surface area contributed by atoms with Crippen LogP contribution in [0.3, 0.4) is 0 Å². The van der Waals surface area contributed by atoms with Crippen molar-refractivity contribution in [3.05, 3.63) is 17.0 Å². The number of methoxy groups -OCH3 is 1. The molecule has 1 aromatic heterocycles. The molecule has 0 aliphatic rings. The highest BCUT2D eigenvalue weighted by atomic mass is 16.5. The summed E-state index contributed by atoms with van der Waals surface area (Å²) in [5.74, 6) is -0.0705. The average Bonchev–Trinajstić information content (AvgIpc) is 2.66. The summed E-state index contributed by atoms with van der Waals surface area (Å²) in [6.07, 6.45) is 0. The number of carbonyl (C=O) groups is 1. The molecule has 0 aromatic carbocycles. The SMILES string of the molecule is COCCN(C)CCNC(=O)c1c(C)n[nH]c1C. The van der Waals surface area contributed by atoms with E-state index in [2.05, 4.69) is 20.4 Å². The van der Waals surface area contributed by atoms with Crippen molar-refractivity contribution in [3.8, 4) is 0 Å². The molecule has 0 radical (unpaired) electrons. The third-order valence-corrected chi connectivity index (χ3v) is 2.81. The minimum Gasteiger partial charge on any atom is -0.383 e. The van der Waals surface area contributed by atoms with Gasteiger partial charge in [-0.1, -0.05) is 0 Å². The second kappa shape index (κ2) is 7.13. The minimum absolute atomic E-state index is 0.0705. The Balaban J connectivity index is 2.34. The summed E-state index contributed by atoms with van der Waals surface area (Å²) < 4.78 is 4.99. The highest BCUT2D eigenvalue weighted by Gasteiger charge is 2.14. The van der Waals surface area contributed by atoms with Crippen LogP contribution in [0.2, 0.25) is 0 Å². The zero-order valence-electron chi connectivity index (χ0n) is 11.5. The first kappa shape index (κ1) is 14.7. The maximum Gasteiger partial charge on any atom is 0.255 e. The van der Waals surface area contributed by atoms with Crippen molar-refractivity contribution in [1.29, 1.82) is 0 Å². The Kier molecular flexibility index (Phi) is 5.80. The summed E-state index contributed by atoms with van der Waals surface area (Å²) in [5.41, 5.74) is 2.19. The fraction of sp³-hybridized carbons (Fsp3) is 0.667. The van der Waals surface area contributed by atoms with Crippen molar-refractivity contribution in [2.24, 2.45) is 0 Å². The molecule has 0 unspecified atom stereocenters.